The van der Waals surface area contributed by atoms with E-state index in [1.165, 1.54) is 4.90 Å². The fraction of sp³-hybridized carbons (Fsp3) is 0.391. The van der Waals surface area contributed by atoms with Crippen LogP contribution in [-0.2, 0) is 26.2 Å². The number of nitrogens with one attached hydrogen (secondary N) is 1. The van der Waals surface area contributed by atoms with E-state index in [9.17, 15) is 18.0 Å². The standard InChI is InChI=1S/C23H29BrClN3O4S/c1-5-12-26-23(30)17(3)27(14-18-8-6-9-19(24)13-18)22(29)15-28(33(4,31)32)21-11-7-10-20(25)16(21)2/h6-11,13,17H,5,12,14-15H2,1-4H3,(H,26,30). The van der Waals surface area contributed by atoms with Gasteiger partial charge in [0.15, 0.2) is 0 Å². The number of carbonyl (C=O) groups is 2. The zero-order valence-corrected chi connectivity index (χ0v) is 22.3. The van der Waals surface area contributed by atoms with E-state index in [-0.39, 0.29) is 12.5 Å². The van der Waals surface area contributed by atoms with Crippen LogP contribution < -0.4 is 9.62 Å². The molecule has 2 amide bonds. The van der Waals surface area contributed by atoms with Crippen molar-refractivity contribution in [3.63, 3.8) is 0 Å². The Labute approximate surface area is 209 Å². The van der Waals surface area contributed by atoms with Gasteiger partial charge in [-0.1, -0.05) is 52.7 Å². The second-order valence-electron chi connectivity index (χ2n) is 7.77. The van der Waals surface area contributed by atoms with Crippen molar-refractivity contribution in [2.75, 3.05) is 23.7 Å². The lowest BCUT2D eigenvalue weighted by atomic mass is 10.1. The van der Waals surface area contributed by atoms with E-state index in [4.69, 9.17) is 11.6 Å². The molecule has 2 aromatic rings. The van der Waals surface area contributed by atoms with Crippen LogP contribution in [0.2, 0.25) is 5.02 Å². The second-order valence-corrected chi connectivity index (χ2v) is 11.0. The van der Waals surface area contributed by atoms with Crippen LogP contribution >= 0.6 is 27.5 Å². The highest BCUT2D eigenvalue weighted by Crippen LogP contribution is 2.28. The number of nitrogens with zero attached hydrogens (tertiary/aromatic N) is 2. The van der Waals surface area contributed by atoms with Gasteiger partial charge >= 0.3 is 0 Å². The van der Waals surface area contributed by atoms with Crippen LogP contribution in [0.3, 0.4) is 0 Å². The number of anilines is 1. The van der Waals surface area contributed by atoms with Crippen LogP contribution in [-0.4, -0.2) is 50.5 Å². The summed E-state index contributed by atoms with van der Waals surface area (Å²) in [6.45, 7) is 5.44. The van der Waals surface area contributed by atoms with Gasteiger partial charge in [-0.3, -0.25) is 13.9 Å². The van der Waals surface area contributed by atoms with Gasteiger partial charge in [-0.2, -0.15) is 0 Å². The Morgan fingerprint density at radius 2 is 1.85 bits per heavy atom. The zero-order chi connectivity index (χ0) is 24.8. The SMILES string of the molecule is CCCNC(=O)C(C)N(Cc1cccc(Br)c1)C(=O)CN(c1cccc(Cl)c1C)S(C)(=O)=O. The molecule has 2 rings (SSSR count). The maximum atomic E-state index is 13.5. The molecular formula is C23H29BrClN3O4S. The lowest BCUT2D eigenvalue weighted by Gasteiger charge is -2.32. The molecule has 7 nitrogen and oxygen atoms in total. The third-order valence-corrected chi connectivity index (χ3v) is 7.17. The Kier molecular flexibility index (Phi) is 9.75. The van der Waals surface area contributed by atoms with Gasteiger partial charge < -0.3 is 10.2 Å². The fourth-order valence-corrected chi connectivity index (χ4v) is 4.79. The average molecular weight is 559 g/mol. The van der Waals surface area contributed by atoms with E-state index >= 15 is 0 Å². The van der Waals surface area contributed by atoms with Crippen molar-refractivity contribution in [1.29, 1.82) is 0 Å². The van der Waals surface area contributed by atoms with E-state index in [0.717, 1.165) is 27.0 Å². The van der Waals surface area contributed by atoms with Crippen LogP contribution in [0, 0.1) is 6.92 Å². The largest absolute Gasteiger partial charge is 0.354 e. The quantitative estimate of drug-likeness (QED) is 0.475. The Balaban J connectivity index is 2.42. The van der Waals surface area contributed by atoms with Crippen molar-refractivity contribution < 1.29 is 18.0 Å². The minimum absolute atomic E-state index is 0.144. The molecule has 10 heteroatoms. The molecule has 0 saturated carbocycles. The number of carbonyl (C=O) groups excluding carboxylic acids is 2. The summed E-state index contributed by atoms with van der Waals surface area (Å²) in [7, 11) is -3.81. The third kappa shape index (κ3) is 7.45. The van der Waals surface area contributed by atoms with E-state index in [1.807, 2.05) is 31.2 Å². The first-order chi connectivity index (χ1) is 15.5. The highest BCUT2D eigenvalue weighted by atomic mass is 79.9. The average Bonchev–Trinajstić information content (AvgIpc) is 2.75. The van der Waals surface area contributed by atoms with Gasteiger partial charge in [0.05, 0.1) is 11.9 Å². The summed E-state index contributed by atoms with van der Waals surface area (Å²) < 4.78 is 27.1. The highest BCUT2D eigenvalue weighted by molar-refractivity contribution is 9.10. The van der Waals surface area contributed by atoms with Crippen molar-refractivity contribution in [3.8, 4) is 0 Å². The molecule has 2 aromatic carbocycles. The first-order valence-electron chi connectivity index (χ1n) is 10.5. The van der Waals surface area contributed by atoms with Crippen LogP contribution in [0.4, 0.5) is 5.69 Å². The lowest BCUT2D eigenvalue weighted by Crippen LogP contribution is -2.51. The molecule has 0 spiro atoms. The molecule has 0 saturated heterocycles. The Morgan fingerprint density at radius 3 is 2.45 bits per heavy atom. The third-order valence-electron chi connectivity index (χ3n) is 5.15. The summed E-state index contributed by atoms with van der Waals surface area (Å²) in [6, 6.07) is 11.5. The van der Waals surface area contributed by atoms with Gasteiger partial charge in [-0.25, -0.2) is 8.42 Å². The smallest absolute Gasteiger partial charge is 0.244 e. The summed E-state index contributed by atoms with van der Waals surface area (Å²) in [5, 5.41) is 3.20. The summed E-state index contributed by atoms with van der Waals surface area (Å²) in [5.74, 6) is -0.802. The highest BCUT2D eigenvalue weighted by Gasteiger charge is 2.30. The number of rotatable bonds is 10. The first-order valence-corrected chi connectivity index (χ1v) is 13.5. The topological polar surface area (TPSA) is 86.8 Å². The number of benzene rings is 2. The van der Waals surface area contributed by atoms with Gasteiger partial charge in [0, 0.05) is 22.6 Å². The van der Waals surface area contributed by atoms with E-state index in [1.54, 1.807) is 32.0 Å². The van der Waals surface area contributed by atoms with Crippen LogP contribution in [0.5, 0.6) is 0 Å². The predicted octanol–water partition coefficient (Wildman–Crippen LogP) is 4.12. The molecule has 0 aliphatic heterocycles. The summed E-state index contributed by atoms with van der Waals surface area (Å²) in [6.07, 6.45) is 1.80. The molecule has 180 valence electrons. The molecular weight excluding hydrogens is 530 g/mol. The fourth-order valence-electron chi connectivity index (χ4n) is 3.27. The molecule has 33 heavy (non-hydrogen) atoms. The maximum absolute atomic E-state index is 13.5. The Hall–Kier alpha value is -2.10. The Bertz CT molecular complexity index is 1110. The van der Waals surface area contributed by atoms with E-state index < -0.39 is 28.5 Å². The van der Waals surface area contributed by atoms with Crippen molar-refractivity contribution in [2.45, 2.75) is 39.8 Å². The minimum Gasteiger partial charge on any atom is -0.354 e. The van der Waals surface area contributed by atoms with Crippen LogP contribution in [0.1, 0.15) is 31.4 Å². The van der Waals surface area contributed by atoms with Gasteiger partial charge in [0.2, 0.25) is 21.8 Å². The summed E-state index contributed by atoms with van der Waals surface area (Å²) in [5.41, 5.74) is 1.67. The maximum Gasteiger partial charge on any atom is 0.244 e. The molecule has 0 radical (unpaired) electrons. The lowest BCUT2D eigenvalue weighted by molar-refractivity contribution is -0.139. The molecule has 0 aliphatic rings. The van der Waals surface area contributed by atoms with Crippen LogP contribution in [0.15, 0.2) is 46.9 Å². The molecule has 1 atom stereocenters. The monoisotopic (exact) mass is 557 g/mol. The number of amides is 2. The van der Waals surface area contributed by atoms with Crippen molar-refractivity contribution >= 4 is 55.1 Å². The first kappa shape index (κ1) is 27.1. The van der Waals surface area contributed by atoms with Crippen molar-refractivity contribution in [2.24, 2.45) is 0 Å². The predicted molar refractivity (Wildman–Crippen MR) is 136 cm³/mol. The van der Waals surface area contributed by atoms with Gasteiger partial charge in [-0.15, -0.1) is 0 Å². The second kappa shape index (κ2) is 11.9. The zero-order valence-electron chi connectivity index (χ0n) is 19.1. The van der Waals surface area contributed by atoms with Crippen molar-refractivity contribution in [1.82, 2.24) is 10.2 Å². The molecule has 1 unspecified atom stereocenters. The molecule has 0 bridgehead atoms. The summed E-state index contributed by atoms with van der Waals surface area (Å²) >= 11 is 9.61. The van der Waals surface area contributed by atoms with Gasteiger partial charge in [0.25, 0.3) is 0 Å². The van der Waals surface area contributed by atoms with E-state index in [0.29, 0.717) is 22.8 Å². The van der Waals surface area contributed by atoms with Gasteiger partial charge in [0.1, 0.15) is 12.6 Å². The summed E-state index contributed by atoms with van der Waals surface area (Å²) in [4.78, 5) is 27.6. The molecule has 1 N–H and O–H groups in total. The van der Waals surface area contributed by atoms with Gasteiger partial charge in [-0.05, 0) is 55.7 Å². The number of hydrogen-bond donors (Lipinski definition) is 1. The minimum atomic E-state index is -3.81. The molecule has 0 fully saturated rings. The van der Waals surface area contributed by atoms with Crippen molar-refractivity contribution in [3.05, 3.63) is 63.1 Å². The molecule has 0 aliphatic carbocycles. The number of sulfonamides is 1. The molecule has 0 heterocycles. The van der Waals surface area contributed by atoms with Crippen LogP contribution in [0.25, 0.3) is 0 Å². The number of halogens is 2. The molecule has 0 aromatic heterocycles. The van der Waals surface area contributed by atoms with E-state index in [2.05, 4.69) is 21.2 Å². The number of hydrogen-bond acceptors (Lipinski definition) is 4. The normalized spacial score (nSPS) is 12.2. The Morgan fingerprint density at radius 1 is 1.18 bits per heavy atom.